The molecule has 0 atom stereocenters. The average molecular weight is 358 g/mol. The van der Waals surface area contributed by atoms with E-state index in [1.807, 2.05) is 0 Å². The van der Waals surface area contributed by atoms with E-state index in [0.29, 0.717) is 11.3 Å². The molecule has 0 spiro atoms. The van der Waals surface area contributed by atoms with E-state index in [-0.39, 0.29) is 16.2 Å². The molecule has 0 bridgehead atoms. The van der Waals surface area contributed by atoms with E-state index >= 15 is 0 Å². The number of rotatable bonds is 5. The molecule has 0 radical (unpaired) electrons. The Morgan fingerprint density at radius 3 is 2.52 bits per heavy atom. The highest BCUT2D eigenvalue weighted by Crippen LogP contribution is 2.27. The van der Waals surface area contributed by atoms with Crippen LogP contribution in [0.3, 0.4) is 0 Å². The lowest BCUT2D eigenvalue weighted by Gasteiger charge is -2.15. The van der Waals surface area contributed by atoms with Crippen LogP contribution in [0.5, 0.6) is 5.75 Å². The van der Waals surface area contributed by atoms with Gasteiger partial charge in [0.05, 0.1) is 7.11 Å². The van der Waals surface area contributed by atoms with Crippen LogP contribution in [0.4, 0.5) is 5.69 Å². The van der Waals surface area contributed by atoms with Crippen molar-refractivity contribution in [2.24, 2.45) is 0 Å². The van der Waals surface area contributed by atoms with E-state index in [9.17, 15) is 13.2 Å². The Hall–Kier alpha value is -2.82. The van der Waals surface area contributed by atoms with Crippen LogP contribution >= 0.6 is 0 Å². The topological polar surface area (TPSA) is 75.7 Å². The Balaban J connectivity index is 2.39. The molecule has 0 saturated carbocycles. The zero-order valence-electron chi connectivity index (χ0n) is 14.1. The third kappa shape index (κ3) is 3.99. The van der Waals surface area contributed by atoms with Gasteiger partial charge in [0.2, 0.25) is 10.0 Å². The number of nitrogens with one attached hydrogen (secondary N) is 1. The summed E-state index contributed by atoms with van der Waals surface area (Å²) in [7, 11) is 0.432. The molecule has 7 heteroatoms. The quantitative estimate of drug-likeness (QED) is 0.831. The maximum absolute atomic E-state index is 12.5. The highest BCUT2D eigenvalue weighted by Gasteiger charge is 2.23. The van der Waals surface area contributed by atoms with Crippen molar-refractivity contribution in [2.45, 2.75) is 4.90 Å². The summed E-state index contributed by atoms with van der Waals surface area (Å²) in [4.78, 5) is 12.4. The number of carbonyl (C=O) groups is 1. The molecule has 0 aliphatic rings. The zero-order valence-corrected chi connectivity index (χ0v) is 14.9. The second-order valence-corrected chi connectivity index (χ2v) is 7.45. The molecule has 25 heavy (non-hydrogen) atoms. The number of nitrogens with zero attached hydrogens (tertiary/aromatic N) is 1. The Morgan fingerprint density at radius 1 is 1.20 bits per heavy atom. The number of sulfonamides is 1. The van der Waals surface area contributed by atoms with Crippen LogP contribution in [0.1, 0.15) is 15.9 Å². The van der Waals surface area contributed by atoms with Gasteiger partial charge in [-0.3, -0.25) is 4.79 Å². The maximum Gasteiger partial charge on any atom is 0.255 e. The molecular formula is C18H18N2O4S. The average Bonchev–Trinajstić information content (AvgIpc) is 2.61. The Labute approximate surface area is 147 Å². The van der Waals surface area contributed by atoms with Gasteiger partial charge in [-0.15, -0.1) is 6.42 Å². The molecule has 1 N–H and O–H groups in total. The number of ether oxygens (including phenoxy) is 1. The molecule has 1 amide bonds. The Morgan fingerprint density at radius 2 is 1.92 bits per heavy atom. The van der Waals surface area contributed by atoms with Gasteiger partial charge in [-0.2, -0.15) is 0 Å². The first kappa shape index (κ1) is 18.5. The lowest BCUT2D eigenvalue weighted by molar-refractivity contribution is 0.102. The lowest BCUT2D eigenvalue weighted by Crippen LogP contribution is -2.23. The minimum absolute atomic E-state index is 0.0787. The van der Waals surface area contributed by atoms with Gasteiger partial charge >= 0.3 is 0 Å². The minimum Gasteiger partial charge on any atom is -0.495 e. The SMILES string of the molecule is C#Cc1cccc(NC(=O)c2ccc(OC)c(S(=O)(=O)N(C)C)c2)c1. The number of hydrogen-bond donors (Lipinski definition) is 1. The lowest BCUT2D eigenvalue weighted by atomic mass is 10.1. The first-order chi connectivity index (χ1) is 11.8. The third-order valence-corrected chi connectivity index (χ3v) is 5.31. The molecule has 0 heterocycles. The van der Waals surface area contributed by atoms with E-state index in [4.69, 9.17) is 11.2 Å². The van der Waals surface area contributed by atoms with Gasteiger partial charge < -0.3 is 10.1 Å². The predicted octanol–water partition coefficient (Wildman–Crippen LogP) is 2.18. The molecule has 2 aromatic rings. The van der Waals surface area contributed by atoms with Crippen LogP contribution in [-0.4, -0.2) is 39.8 Å². The summed E-state index contributed by atoms with van der Waals surface area (Å²) in [5.41, 5.74) is 1.34. The van der Waals surface area contributed by atoms with Gasteiger partial charge in [0.1, 0.15) is 10.6 Å². The summed E-state index contributed by atoms with van der Waals surface area (Å²) in [6.07, 6.45) is 5.34. The van der Waals surface area contributed by atoms with Crippen LogP contribution < -0.4 is 10.1 Å². The van der Waals surface area contributed by atoms with Gasteiger partial charge in [0, 0.05) is 30.9 Å². The first-order valence-corrected chi connectivity index (χ1v) is 8.72. The normalized spacial score (nSPS) is 11.0. The van der Waals surface area contributed by atoms with Gasteiger partial charge in [0.15, 0.2) is 0 Å². The van der Waals surface area contributed by atoms with Crippen molar-refractivity contribution >= 4 is 21.6 Å². The van der Waals surface area contributed by atoms with Gasteiger partial charge in [-0.25, -0.2) is 12.7 Å². The molecule has 2 aromatic carbocycles. The number of benzene rings is 2. The zero-order chi connectivity index (χ0) is 18.6. The fraction of sp³-hybridized carbons (Fsp3) is 0.167. The van der Waals surface area contributed by atoms with Crippen molar-refractivity contribution in [2.75, 3.05) is 26.5 Å². The van der Waals surface area contributed by atoms with Crippen LogP contribution in [0.2, 0.25) is 0 Å². The molecule has 0 unspecified atom stereocenters. The Kier molecular flexibility index (Phi) is 5.47. The summed E-state index contributed by atoms with van der Waals surface area (Å²) in [5, 5.41) is 2.69. The van der Waals surface area contributed by atoms with Crippen LogP contribution in [-0.2, 0) is 10.0 Å². The van der Waals surface area contributed by atoms with Crippen molar-refractivity contribution < 1.29 is 17.9 Å². The van der Waals surface area contributed by atoms with Crippen molar-refractivity contribution in [3.63, 3.8) is 0 Å². The van der Waals surface area contributed by atoms with Crippen LogP contribution in [0, 0.1) is 12.3 Å². The number of anilines is 1. The molecule has 0 saturated heterocycles. The first-order valence-electron chi connectivity index (χ1n) is 7.28. The summed E-state index contributed by atoms with van der Waals surface area (Å²) in [6.45, 7) is 0. The Bertz CT molecular complexity index is 944. The smallest absolute Gasteiger partial charge is 0.255 e. The number of hydrogen-bond acceptors (Lipinski definition) is 4. The summed E-state index contributed by atoms with van der Waals surface area (Å²) >= 11 is 0. The summed E-state index contributed by atoms with van der Waals surface area (Å²) in [6, 6.07) is 11.0. The van der Waals surface area contributed by atoms with Crippen LogP contribution in [0.15, 0.2) is 47.4 Å². The van der Waals surface area contributed by atoms with Gasteiger partial charge in [0.25, 0.3) is 5.91 Å². The highest BCUT2D eigenvalue weighted by atomic mass is 32.2. The van der Waals surface area contributed by atoms with Gasteiger partial charge in [-0.1, -0.05) is 12.0 Å². The molecule has 130 valence electrons. The second-order valence-electron chi connectivity index (χ2n) is 5.33. The highest BCUT2D eigenvalue weighted by molar-refractivity contribution is 7.89. The molecular weight excluding hydrogens is 340 g/mol. The predicted molar refractivity (Wildman–Crippen MR) is 96.2 cm³/mol. The summed E-state index contributed by atoms with van der Waals surface area (Å²) in [5.74, 6) is 2.20. The molecule has 0 aliphatic carbocycles. The number of amides is 1. The van der Waals surface area contributed by atoms with E-state index < -0.39 is 15.9 Å². The van der Waals surface area contributed by atoms with Crippen molar-refractivity contribution in [1.82, 2.24) is 4.31 Å². The van der Waals surface area contributed by atoms with E-state index in [1.165, 1.54) is 39.4 Å². The van der Waals surface area contributed by atoms with E-state index in [2.05, 4.69) is 11.2 Å². The molecule has 2 rings (SSSR count). The molecule has 0 aromatic heterocycles. The van der Waals surface area contributed by atoms with Crippen molar-refractivity contribution in [1.29, 1.82) is 0 Å². The largest absolute Gasteiger partial charge is 0.495 e. The monoisotopic (exact) mass is 358 g/mol. The standard InChI is InChI=1S/C18H18N2O4S/c1-5-13-7-6-8-15(11-13)19-18(21)14-9-10-16(24-4)17(12-14)25(22,23)20(2)3/h1,6-12H,2-4H3,(H,19,21). The third-order valence-electron chi connectivity index (χ3n) is 3.47. The fourth-order valence-corrected chi connectivity index (χ4v) is 3.18. The maximum atomic E-state index is 12.5. The fourth-order valence-electron chi connectivity index (χ4n) is 2.11. The van der Waals surface area contributed by atoms with Crippen molar-refractivity contribution in [3.8, 4) is 18.1 Å². The van der Waals surface area contributed by atoms with Crippen LogP contribution in [0.25, 0.3) is 0 Å². The molecule has 0 aliphatic heterocycles. The molecule has 0 fully saturated rings. The summed E-state index contributed by atoms with van der Waals surface area (Å²) < 4.78 is 31.0. The minimum atomic E-state index is -3.76. The van der Waals surface area contributed by atoms with Crippen molar-refractivity contribution in [3.05, 3.63) is 53.6 Å². The number of methoxy groups -OCH3 is 1. The second kappa shape index (κ2) is 7.38. The van der Waals surface area contributed by atoms with Gasteiger partial charge in [-0.05, 0) is 36.4 Å². The number of terminal acetylenes is 1. The van der Waals surface area contributed by atoms with E-state index in [0.717, 1.165) is 4.31 Å². The number of carbonyl (C=O) groups excluding carboxylic acids is 1. The van der Waals surface area contributed by atoms with E-state index in [1.54, 1.807) is 24.3 Å². The molecule has 6 nitrogen and oxygen atoms in total.